The van der Waals surface area contributed by atoms with Gasteiger partial charge >= 0.3 is 0 Å². The first-order valence-corrected chi connectivity index (χ1v) is 8.70. The van der Waals surface area contributed by atoms with Gasteiger partial charge in [-0.1, -0.05) is 45.0 Å². The third-order valence-corrected chi connectivity index (χ3v) is 4.67. The van der Waals surface area contributed by atoms with Crippen molar-refractivity contribution in [2.75, 3.05) is 0 Å². The number of imide groups is 1. The van der Waals surface area contributed by atoms with Crippen molar-refractivity contribution in [1.82, 2.24) is 10.2 Å². The minimum absolute atomic E-state index is 0.0647. The van der Waals surface area contributed by atoms with E-state index < -0.39 is 6.04 Å². The smallest absolute Gasteiger partial charge is 0.249 e. The van der Waals surface area contributed by atoms with Gasteiger partial charge < -0.3 is 4.90 Å². The molecule has 1 aliphatic carbocycles. The average Bonchev–Trinajstić information content (AvgIpc) is 3.31. The number of benzene rings is 1. The van der Waals surface area contributed by atoms with Gasteiger partial charge in [-0.05, 0) is 35.5 Å². The molecule has 0 spiro atoms. The number of carbonyl (C=O) groups is 3. The molecule has 132 valence electrons. The summed E-state index contributed by atoms with van der Waals surface area (Å²) in [6.07, 6.45) is 5.10. The number of rotatable bonds is 4. The number of nitrogens with one attached hydrogen (secondary N) is 1. The summed E-state index contributed by atoms with van der Waals surface area (Å²) < 4.78 is 0. The maximum atomic E-state index is 12.6. The SMILES string of the molecule is CC(C)(C)c1ccc(/C=C\C(=O)N(C2CC2)[C@H]2CC(=O)NC2=O)cc1. The Kier molecular flexibility index (Phi) is 4.50. The second-order valence-electron chi connectivity index (χ2n) is 7.81. The maximum absolute atomic E-state index is 12.6. The number of hydrogen-bond donors (Lipinski definition) is 1. The van der Waals surface area contributed by atoms with Crippen LogP contribution in [0.4, 0.5) is 0 Å². The van der Waals surface area contributed by atoms with Crippen molar-refractivity contribution in [3.05, 3.63) is 41.5 Å². The molecule has 5 heteroatoms. The Labute approximate surface area is 148 Å². The van der Waals surface area contributed by atoms with E-state index in [1.165, 1.54) is 11.6 Å². The first-order valence-electron chi connectivity index (χ1n) is 8.70. The molecule has 0 aromatic heterocycles. The molecule has 0 radical (unpaired) electrons. The lowest BCUT2D eigenvalue weighted by atomic mass is 9.87. The van der Waals surface area contributed by atoms with E-state index in [2.05, 4.69) is 38.2 Å². The predicted octanol–water partition coefficient (Wildman–Crippen LogP) is 2.40. The number of amides is 3. The van der Waals surface area contributed by atoms with Gasteiger partial charge in [0.15, 0.2) is 0 Å². The molecule has 1 atom stereocenters. The fraction of sp³-hybridized carbons (Fsp3) is 0.450. The molecule has 2 aliphatic rings. The lowest BCUT2D eigenvalue weighted by Crippen LogP contribution is -2.45. The van der Waals surface area contributed by atoms with Crippen LogP contribution in [0, 0.1) is 0 Å². The summed E-state index contributed by atoms with van der Waals surface area (Å²) in [6, 6.07) is 7.50. The van der Waals surface area contributed by atoms with Crippen LogP contribution in [0.3, 0.4) is 0 Å². The van der Waals surface area contributed by atoms with Crippen LogP contribution in [-0.4, -0.2) is 34.7 Å². The van der Waals surface area contributed by atoms with Gasteiger partial charge in [-0.3, -0.25) is 19.7 Å². The summed E-state index contributed by atoms with van der Waals surface area (Å²) in [7, 11) is 0. The number of nitrogens with zero attached hydrogens (tertiary/aromatic N) is 1. The Hall–Kier alpha value is -2.43. The number of hydrogen-bond acceptors (Lipinski definition) is 3. The molecule has 1 aromatic rings. The normalized spacial score (nSPS) is 20.8. The Bertz CT molecular complexity index is 724. The standard InChI is InChI=1S/C20H24N2O3/c1-20(2,3)14-7-4-13(5-8-14)6-11-18(24)22(15-9-10-15)16-12-17(23)21-19(16)25/h4-8,11,15-16H,9-10,12H2,1-3H3,(H,21,23,25)/b11-6-/t16-/m0/s1. The van der Waals surface area contributed by atoms with Gasteiger partial charge in [-0.25, -0.2) is 0 Å². The molecule has 1 aromatic carbocycles. The largest absolute Gasteiger partial charge is 0.324 e. The first kappa shape index (κ1) is 17.4. The Balaban J connectivity index is 1.72. The summed E-state index contributed by atoms with van der Waals surface area (Å²) in [6.45, 7) is 6.47. The molecular weight excluding hydrogens is 316 g/mol. The minimum Gasteiger partial charge on any atom is -0.324 e. The molecule has 3 rings (SSSR count). The fourth-order valence-electron chi connectivity index (χ4n) is 3.05. The summed E-state index contributed by atoms with van der Waals surface area (Å²) in [4.78, 5) is 37.5. The molecule has 0 bridgehead atoms. The lowest BCUT2D eigenvalue weighted by Gasteiger charge is -2.25. The van der Waals surface area contributed by atoms with E-state index >= 15 is 0 Å². The zero-order chi connectivity index (χ0) is 18.2. The van der Waals surface area contributed by atoms with Gasteiger partial charge in [0.2, 0.25) is 17.7 Å². The molecule has 1 saturated heterocycles. The summed E-state index contributed by atoms with van der Waals surface area (Å²) >= 11 is 0. The van der Waals surface area contributed by atoms with Crippen molar-refractivity contribution < 1.29 is 14.4 Å². The molecule has 1 aliphatic heterocycles. The fourth-order valence-corrected chi connectivity index (χ4v) is 3.05. The highest BCUT2D eigenvalue weighted by molar-refractivity contribution is 6.08. The van der Waals surface area contributed by atoms with Crippen molar-refractivity contribution >= 4 is 23.8 Å². The van der Waals surface area contributed by atoms with E-state index in [9.17, 15) is 14.4 Å². The quantitative estimate of drug-likeness (QED) is 0.676. The van der Waals surface area contributed by atoms with E-state index in [1.807, 2.05) is 12.1 Å². The van der Waals surface area contributed by atoms with Crippen molar-refractivity contribution in [1.29, 1.82) is 0 Å². The maximum Gasteiger partial charge on any atom is 0.249 e. The van der Waals surface area contributed by atoms with Crippen LogP contribution in [-0.2, 0) is 19.8 Å². The summed E-state index contributed by atoms with van der Waals surface area (Å²) in [5.41, 5.74) is 2.25. The second-order valence-corrected chi connectivity index (χ2v) is 7.81. The van der Waals surface area contributed by atoms with Crippen LogP contribution in [0.1, 0.15) is 51.2 Å². The van der Waals surface area contributed by atoms with Crippen molar-refractivity contribution in [2.24, 2.45) is 0 Å². The molecule has 5 nitrogen and oxygen atoms in total. The summed E-state index contributed by atoms with van der Waals surface area (Å²) in [5, 5.41) is 2.28. The monoisotopic (exact) mass is 340 g/mol. The van der Waals surface area contributed by atoms with Gasteiger partial charge in [0.1, 0.15) is 6.04 Å². The van der Waals surface area contributed by atoms with Gasteiger partial charge in [0, 0.05) is 12.1 Å². The topological polar surface area (TPSA) is 66.5 Å². The highest BCUT2D eigenvalue weighted by atomic mass is 16.2. The third kappa shape index (κ3) is 3.98. The minimum atomic E-state index is -0.666. The Morgan fingerprint density at radius 2 is 1.80 bits per heavy atom. The van der Waals surface area contributed by atoms with Gasteiger partial charge in [0.05, 0.1) is 6.42 Å². The molecule has 1 heterocycles. The zero-order valence-corrected chi connectivity index (χ0v) is 14.9. The third-order valence-electron chi connectivity index (χ3n) is 4.67. The number of carbonyl (C=O) groups excluding carboxylic acids is 3. The zero-order valence-electron chi connectivity index (χ0n) is 14.9. The average molecular weight is 340 g/mol. The molecule has 25 heavy (non-hydrogen) atoms. The Morgan fingerprint density at radius 1 is 1.16 bits per heavy atom. The lowest BCUT2D eigenvalue weighted by molar-refractivity contribution is -0.135. The predicted molar refractivity (Wildman–Crippen MR) is 95.6 cm³/mol. The van der Waals surface area contributed by atoms with Gasteiger partial charge in [-0.15, -0.1) is 0 Å². The van der Waals surface area contributed by atoms with E-state index in [4.69, 9.17) is 0 Å². The van der Waals surface area contributed by atoms with Crippen molar-refractivity contribution in [3.63, 3.8) is 0 Å². The van der Waals surface area contributed by atoms with Crippen LogP contribution < -0.4 is 5.32 Å². The second kappa shape index (κ2) is 6.47. The molecule has 1 saturated carbocycles. The van der Waals surface area contributed by atoms with E-state index in [0.29, 0.717) is 0 Å². The molecule has 0 unspecified atom stereocenters. The van der Waals surface area contributed by atoms with Gasteiger partial charge in [0.25, 0.3) is 0 Å². The first-order chi connectivity index (χ1) is 11.8. The van der Waals surface area contributed by atoms with E-state index in [0.717, 1.165) is 18.4 Å². The molecular formula is C20H24N2O3. The highest BCUT2D eigenvalue weighted by Gasteiger charge is 2.43. The van der Waals surface area contributed by atoms with E-state index in [1.54, 1.807) is 11.0 Å². The molecule has 1 N–H and O–H groups in total. The van der Waals surface area contributed by atoms with Gasteiger partial charge in [-0.2, -0.15) is 0 Å². The van der Waals surface area contributed by atoms with E-state index in [-0.39, 0.29) is 35.6 Å². The van der Waals surface area contributed by atoms with Crippen molar-refractivity contribution in [3.8, 4) is 0 Å². The van der Waals surface area contributed by atoms with Crippen LogP contribution in [0.5, 0.6) is 0 Å². The van der Waals surface area contributed by atoms with Crippen LogP contribution in [0.2, 0.25) is 0 Å². The summed E-state index contributed by atoms with van der Waals surface area (Å²) in [5.74, 6) is -0.888. The van der Waals surface area contributed by atoms with Crippen LogP contribution >= 0.6 is 0 Å². The van der Waals surface area contributed by atoms with Crippen LogP contribution in [0.15, 0.2) is 30.3 Å². The molecule has 3 amide bonds. The Morgan fingerprint density at radius 3 is 2.28 bits per heavy atom. The highest BCUT2D eigenvalue weighted by Crippen LogP contribution is 2.31. The van der Waals surface area contributed by atoms with Crippen LogP contribution in [0.25, 0.3) is 6.08 Å². The molecule has 2 fully saturated rings. The van der Waals surface area contributed by atoms with Crippen molar-refractivity contribution in [2.45, 2.75) is 57.5 Å².